The molecule has 4 rings (SSSR count). The van der Waals surface area contributed by atoms with Crippen molar-refractivity contribution in [2.45, 2.75) is 46.6 Å². The maximum atomic E-state index is 12.7. The molecule has 6 heteroatoms. The highest BCUT2D eigenvalue weighted by Crippen LogP contribution is 2.32. The van der Waals surface area contributed by atoms with Crippen LogP contribution in [0.25, 0.3) is 16.7 Å². The average molecular weight is 405 g/mol. The van der Waals surface area contributed by atoms with Crippen LogP contribution in [0, 0.1) is 19.8 Å². The molecule has 1 amide bonds. The van der Waals surface area contributed by atoms with Gasteiger partial charge in [0.05, 0.1) is 12.1 Å². The Morgan fingerprint density at radius 3 is 2.60 bits per heavy atom. The lowest BCUT2D eigenvalue weighted by Crippen LogP contribution is -2.31. The fraction of sp³-hybridized carbons (Fsp3) is 0.375. The largest absolute Gasteiger partial charge is 0.481 e. The van der Waals surface area contributed by atoms with Gasteiger partial charge >= 0.3 is 5.97 Å². The number of nitrogens with zero attached hydrogens (tertiary/aromatic N) is 3. The summed E-state index contributed by atoms with van der Waals surface area (Å²) in [6.45, 7) is 7.16. The first-order chi connectivity index (χ1) is 14.4. The predicted octanol–water partition coefficient (Wildman–Crippen LogP) is 4.03. The third kappa shape index (κ3) is 3.95. The monoisotopic (exact) mass is 405 g/mol. The molecule has 30 heavy (non-hydrogen) atoms. The van der Waals surface area contributed by atoms with E-state index in [0.717, 1.165) is 51.9 Å². The Bertz CT molecular complexity index is 1130. The summed E-state index contributed by atoms with van der Waals surface area (Å²) < 4.78 is 1.98. The summed E-state index contributed by atoms with van der Waals surface area (Å²) in [5.41, 5.74) is 5.42. The minimum atomic E-state index is -0.869. The van der Waals surface area contributed by atoms with Gasteiger partial charge in [0.15, 0.2) is 0 Å². The van der Waals surface area contributed by atoms with E-state index < -0.39 is 5.97 Å². The van der Waals surface area contributed by atoms with Crippen LogP contribution in [0.5, 0.6) is 0 Å². The molecular weight excluding hydrogens is 378 g/mol. The van der Waals surface area contributed by atoms with E-state index in [9.17, 15) is 14.7 Å². The number of carboxylic acids is 1. The zero-order valence-corrected chi connectivity index (χ0v) is 17.7. The van der Waals surface area contributed by atoms with Gasteiger partial charge in [-0.25, -0.2) is 4.98 Å². The highest BCUT2D eigenvalue weighted by Gasteiger charge is 2.33. The molecule has 1 aliphatic carbocycles. The number of amides is 1. The lowest BCUT2D eigenvalue weighted by atomic mass is 10.1. The topological polar surface area (TPSA) is 75.4 Å². The summed E-state index contributed by atoms with van der Waals surface area (Å²) in [4.78, 5) is 30.7. The zero-order valence-electron chi connectivity index (χ0n) is 17.7. The van der Waals surface area contributed by atoms with Crippen LogP contribution in [0.2, 0.25) is 0 Å². The van der Waals surface area contributed by atoms with Crippen molar-refractivity contribution in [1.82, 2.24) is 14.5 Å². The molecule has 1 aromatic carbocycles. The van der Waals surface area contributed by atoms with Crippen molar-refractivity contribution < 1.29 is 14.7 Å². The average Bonchev–Trinajstić information content (AvgIpc) is 3.50. The van der Waals surface area contributed by atoms with Crippen LogP contribution in [-0.4, -0.2) is 38.0 Å². The van der Waals surface area contributed by atoms with E-state index in [1.54, 1.807) is 0 Å². The van der Waals surface area contributed by atoms with Crippen molar-refractivity contribution in [1.29, 1.82) is 0 Å². The van der Waals surface area contributed by atoms with Crippen LogP contribution in [0.3, 0.4) is 0 Å². The van der Waals surface area contributed by atoms with E-state index in [0.29, 0.717) is 13.1 Å². The van der Waals surface area contributed by atoms with E-state index in [-0.39, 0.29) is 18.2 Å². The summed E-state index contributed by atoms with van der Waals surface area (Å²) in [6, 6.07) is 10.0. The van der Waals surface area contributed by atoms with E-state index >= 15 is 0 Å². The van der Waals surface area contributed by atoms with Crippen molar-refractivity contribution in [2.24, 2.45) is 5.92 Å². The number of rotatable bonds is 7. The number of pyridine rings is 1. The zero-order chi connectivity index (χ0) is 21.4. The number of hydrogen-bond acceptors (Lipinski definition) is 3. The van der Waals surface area contributed by atoms with Crippen molar-refractivity contribution in [3.05, 3.63) is 58.9 Å². The second-order valence-electron chi connectivity index (χ2n) is 8.18. The van der Waals surface area contributed by atoms with Gasteiger partial charge in [0.25, 0.3) is 0 Å². The molecule has 1 fully saturated rings. The van der Waals surface area contributed by atoms with Crippen LogP contribution in [0.15, 0.2) is 36.5 Å². The number of benzene rings is 1. The van der Waals surface area contributed by atoms with Crippen molar-refractivity contribution >= 4 is 22.9 Å². The van der Waals surface area contributed by atoms with Crippen molar-refractivity contribution in [3.63, 3.8) is 0 Å². The number of aliphatic carboxylic acids is 1. The molecule has 0 spiro atoms. The summed E-state index contributed by atoms with van der Waals surface area (Å²) in [5, 5.41) is 10.2. The Kier molecular flexibility index (Phi) is 5.33. The third-order valence-electron chi connectivity index (χ3n) is 5.70. The fourth-order valence-corrected chi connectivity index (χ4v) is 3.92. The van der Waals surface area contributed by atoms with Gasteiger partial charge in [0, 0.05) is 36.3 Å². The number of carbonyl (C=O) groups is 2. The second-order valence-corrected chi connectivity index (χ2v) is 8.18. The number of aryl methyl sites for hydroxylation is 2. The number of carbonyl (C=O) groups excluding carboxylic acids is 1. The van der Waals surface area contributed by atoms with Gasteiger partial charge in [-0.05, 0) is 68.5 Å². The molecular formula is C24H27N3O3. The molecule has 156 valence electrons. The fourth-order valence-electron chi connectivity index (χ4n) is 3.92. The molecule has 1 aliphatic rings. The van der Waals surface area contributed by atoms with E-state index in [2.05, 4.69) is 18.2 Å². The number of fused-ring (bicyclic) bond motifs is 1. The van der Waals surface area contributed by atoms with Crippen LogP contribution in [0.1, 0.15) is 42.1 Å². The molecule has 2 heterocycles. The van der Waals surface area contributed by atoms with Gasteiger partial charge in [-0.3, -0.25) is 9.59 Å². The standard InChI is InChI=1S/C24H27N3O3/c1-4-26(24(30)17-8-9-17)13-18-7-5-15(2)11-21(18)27-14-19(12-22(28)29)20-10-6-16(3)25-23(20)27/h5-7,10-11,14,17H,4,8-9,12-13H2,1-3H3,(H,28,29). The molecule has 3 aromatic rings. The summed E-state index contributed by atoms with van der Waals surface area (Å²) in [6.07, 6.45) is 3.79. The van der Waals surface area contributed by atoms with E-state index in [1.807, 2.05) is 48.6 Å². The Balaban J connectivity index is 1.83. The van der Waals surface area contributed by atoms with Gasteiger partial charge in [0.1, 0.15) is 5.65 Å². The maximum absolute atomic E-state index is 12.7. The van der Waals surface area contributed by atoms with Crippen LogP contribution < -0.4 is 0 Å². The number of carboxylic acid groups (broad SMARTS) is 1. The van der Waals surface area contributed by atoms with Gasteiger partial charge in [-0.15, -0.1) is 0 Å². The minimum absolute atomic E-state index is 0.0589. The number of aromatic nitrogens is 2. The van der Waals surface area contributed by atoms with Crippen molar-refractivity contribution in [3.8, 4) is 5.69 Å². The second kappa shape index (κ2) is 7.94. The molecule has 0 unspecified atom stereocenters. The predicted molar refractivity (Wildman–Crippen MR) is 116 cm³/mol. The number of hydrogen-bond donors (Lipinski definition) is 1. The molecule has 0 saturated heterocycles. The first-order valence-electron chi connectivity index (χ1n) is 10.5. The quantitative estimate of drug-likeness (QED) is 0.644. The molecule has 2 aromatic heterocycles. The Labute approximate surface area is 176 Å². The molecule has 0 aliphatic heterocycles. The maximum Gasteiger partial charge on any atom is 0.307 e. The Morgan fingerprint density at radius 1 is 1.17 bits per heavy atom. The Hall–Kier alpha value is -3.15. The highest BCUT2D eigenvalue weighted by molar-refractivity contribution is 5.87. The molecule has 1 N–H and O–H groups in total. The van der Waals surface area contributed by atoms with Crippen LogP contribution in [0.4, 0.5) is 0 Å². The van der Waals surface area contributed by atoms with Gasteiger partial charge in [-0.2, -0.15) is 0 Å². The van der Waals surface area contributed by atoms with Gasteiger partial charge in [-0.1, -0.05) is 12.1 Å². The smallest absolute Gasteiger partial charge is 0.307 e. The lowest BCUT2D eigenvalue weighted by Gasteiger charge is -2.23. The van der Waals surface area contributed by atoms with Crippen LogP contribution >= 0.6 is 0 Å². The van der Waals surface area contributed by atoms with Gasteiger partial charge < -0.3 is 14.6 Å². The first-order valence-corrected chi connectivity index (χ1v) is 10.5. The third-order valence-corrected chi connectivity index (χ3v) is 5.70. The van der Waals surface area contributed by atoms with E-state index in [1.165, 1.54) is 0 Å². The lowest BCUT2D eigenvalue weighted by molar-refractivity contribution is -0.136. The van der Waals surface area contributed by atoms with Gasteiger partial charge in [0.2, 0.25) is 5.91 Å². The van der Waals surface area contributed by atoms with Crippen molar-refractivity contribution in [2.75, 3.05) is 6.54 Å². The molecule has 0 bridgehead atoms. The van der Waals surface area contributed by atoms with Crippen LogP contribution in [-0.2, 0) is 22.6 Å². The summed E-state index contributed by atoms with van der Waals surface area (Å²) in [5.74, 6) is -0.467. The summed E-state index contributed by atoms with van der Waals surface area (Å²) >= 11 is 0. The normalized spacial score (nSPS) is 13.6. The molecule has 0 radical (unpaired) electrons. The highest BCUT2D eigenvalue weighted by atomic mass is 16.4. The SMILES string of the molecule is CCN(Cc1ccc(C)cc1-n1cc(CC(=O)O)c2ccc(C)nc21)C(=O)C1CC1. The summed E-state index contributed by atoms with van der Waals surface area (Å²) in [7, 11) is 0. The minimum Gasteiger partial charge on any atom is -0.481 e. The van der Waals surface area contributed by atoms with E-state index in [4.69, 9.17) is 4.98 Å². The molecule has 6 nitrogen and oxygen atoms in total. The first kappa shape index (κ1) is 20.1. The Morgan fingerprint density at radius 2 is 1.93 bits per heavy atom. The molecule has 1 saturated carbocycles. The molecule has 0 atom stereocenters.